The van der Waals surface area contributed by atoms with Crippen LogP contribution in [0.2, 0.25) is 0 Å². The van der Waals surface area contributed by atoms with Crippen LogP contribution in [0, 0.1) is 6.92 Å². The van der Waals surface area contributed by atoms with Crippen LogP contribution >= 0.6 is 11.3 Å². The van der Waals surface area contributed by atoms with E-state index in [1.165, 1.54) is 11.3 Å². The molecule has 0 unspecified atom stereocenters. The van der Waals surface area contributed by atoms with Crippen molar-refractivity contribution < 1.29 is 14.3 Å². The van der Waals surface area contributed by atoms with Crippen molar-refractivity contribution in [2.75, 3.05) is 38.7 Å². The Balaban J connectivity index is 1.45. The molecule has 1 saturated heterocycles. The number of hydrogen-bond donors (Lipinski definition) is 1. The number of morpholine rings is 1. The highest BCUT2D eigenvalue weighted by Gasteiger charge is 2.23. The van der Waals surface area contributed by atoms with E-state index in [0.717, 1.165) is 65.8 Å². The fourth-order valence-corrected chi connectivity index (χ4v) is 5.17. The molecule has 3 heterocycles. The van der Waals surface area contributed by atoms with E-state index in [0.29, 0.717) is 17.0 Å². The predicted octanol–water partition coefficient (Wildman–Crippen LogP) is 5.09. The maximum atomic E-state index is 13.6. The van der Waals surface area contributed by atoms with Gasteiger partial charge in [-0.2, -0.15) is 0 Å². The van der Waals surface area contributed by atoms with Gasteiger partial charge in [-0.1, -0.05) is 38.1 Å². The number of aromatic nitrogens is 4. The van der Waals surface area contributed by atoms with E-state index in [1.807, 2.05) is 37.4 Å². The van der Waals surface area contributed by atoms with Crippen LogP contribution in [0.1, 0.15) is 47.8 Å². The first kappa shape index (κ1) is 27.0. The lowest BCUT2D eigenvalue weighted by Crippen LogP contribution is -2.35. The van der Waals surface area contributed by atoms with Crippen molar-refractivity contribution in [3.05, 3.63) is 70.5 Å². The number of aryl methyl sites for hydroxylation is 1. The fourth-order valence-electron chi connectivity index (χ4n) is 4.60. The lowest BCUT2D eigenvalue weighted by molar-refractivity contribution is 0.0339. The molecule has 9 nitrogen and oxygen atoms in total. The largest absolute Gasteiger partial charge is 0.494 e. The van der Waals surface area contributed by atoms with Crippen LogP contribution < -0.4 is 10.1 Å². The molecule has 2 aromatic carbocycles. The second kappa shape index (κ2) is 11.3. The van der Waals surface area contributed by atoms with Crippen molar-refractivity contribution in [3.8, 4) is 22.0 Å². The van der Waals surface area contributed by atoms with Gasteiger partial charge in [0.15, 0.2) is 0 Å². The van der Waals surface area contributed by atoms with Crippen molar-refractivity contribution in [1.82, 2.24) is 24.9 Å². The summed E-state index contributed by atoms with van der Waals surface area (Å²) in [7, 11) is 1.65. The van der Waals surface area contributed by atoms with Crippen LogP contribution in [0.5, 0.6) is 5.75 Å². The number of nitrogens with one attached hydrogen (secondary N) is 1. The maximum absolute atomic E-state index is 13.6. The summed E-state index contributed by atoms with van der Waals surface area (Å²) in [5.74, 6) is 0.460. The molecule has 39 heavy (non-hydrogen) atoms. The van der Waals surface area contributed by atoms with Crippen LogP contribution in [-0.4, -0.2) is 64.2 Å². The first-order valence-corrected chi connectivity index (χ1v) is 13.9. The number of nitrogens with zero attached hydrogens (tertiary/aromatic N) is 5. The maximum Gasteiger partial charge on any atom is 0.255 e. The van der Waals surface area contributed by atoms with Gasteiger partial charge >= 0.3 is 0 Å². The number of methoxy groups -OCH3 is 1. The summed E-state index contributed by atoms with van der Waals surface area (Å²) >= 11 is 1.50. The zero-order valence-corrected chi connectivity index (χ0v) is 23.8. The summed E-state index contributed by atoms with van der Waals surface area (Å²) in [6, 6.07) is 9.80. The minimum Gasteiger partial charge on any atom is -0.494 e. The molecule has 1 fully saturated rings. The molecule has 0 aliphatic carbocycles. The van der Waals surface area contributed by atoms with E-state index in [-0.39, 0.29) is 11.3 Å². The summed E-state index contributed by atoms with van der Waals surface area (Å²) in [5.41, 5.74) is 7.52. The summed E-state index contributed by atoms with van der Waals surface area (Å²) in [6.07, 6.45) is 3.62. The topological polar surface area (TPSA) is 94.4 Å². The molecule has 1 aliphatic heterocycles. The van der Waals surface area contributed by atoms with E-state index in [1.54, 1.807) is 23.5 Å². The molecule has 2 aromatic heterocycles. The lowest BCUT2D eigenvalue weighted by atomic mass is 9.85. The Morgan fingerprint density at radius 1 is 1.18 bits per heavy atom. The fraction of sp³-hybridized carbons (Fsp3) is 0.379. The zero-order chi connectivity index (χ0) is 27.6. The average molecular weight is 547 g/mol. The Hall–Kier alpha value is -3.60. The second-order valence-electron chi connectivity index (χ2n) is 10.7. The lowest BCUT2D eigenvalue weighted by Gasteiger charge is -2.29. The Bertz CT molecular complexity index is 1450. The smallest absolute Gasteiger partial charge is 0.255 e. The van der Waals surface area contributed by atoms with E-state index < -0.39 is 0 Å². The first-order chi connectivity index (χ1) is 18.7. The summed E-state index contributed by atoms with van der Waals surface area (Å²) in [4.78, 5) is 21.0. The van der Waals surface area contributed by atoms with Gasteiger partial charge in [0.05, 0.1) is 48.3 Å². The van der Waals surface area contributed by atoms with Crippen LogP contribution in [0.15, 0.2) is 48.2 Å². The third kappa shape index (κ3) is 6.03. The molecule has 0 spiro atoms. The molecular formula is C29H34N6O3S. The number of thiazole rings is 1. The van der Waals surface area contributed by atoms with Crippen LogP contribution in [-0.2, 0) is 16.7 Å². The number of rotatable bonds is 7. The molecule has 0 bridgehead atoms. The summed E-state index contributed by atoms with van der Waals surface area (Å²) < 4.78 is 13.1. The van der Waals surface area contributed by atoms with Gasteiger partial charge < -0.3 is 14.8 Å². The Morgan fingerprint density at radius 2 is 1.97 bits per heavy atom. The van der Waals surface area contributed by atoms with Gasteiger partial charge in [0, 0.05) is 37.0 Å². The van der Waals surface area contributed by atoms with Crippen LogP contribution in [0.3, 0.4) is 0 Å². The van der Waals surface area contributed by atoms with Gasteiger partial charge in [0.2, 0.25) is 0 Å². The molecule has 1 amide bonds. The van der Waals surface area contributed by atoms with Gasteiger partial charge in [-0.15, -0.1) is 16.4 Å². The molecule has 204 valence electrons. The first-order valence-electron chi connectivity index (χ1n) is 13.0. The highest BCUT2D eigenvalue weighted by Crippen LogP contribution is 2.36. The number of benzene rings is 2. The quantitative estimate of drug-likeness (QED) is 0.345. The van der Waals surface area contributed by atoms with E-state index in [2.05, 4.69) is 52.4 Å². The Morgan fingerprint density at radius 3 is 2.67 bits per heavy atom. The Kier molecular flexibility index (Phi) is 7.79. The van der Waals surface area contributed by atoms with Crippen LogP contribution in [0.4, 0.5) is 5.69 Å². The number of anilines is 1. The van der Waals surface area contributed by atoms with E-state index in [9.17, 15) is 4.79 Å². The molecule has 1 N–H and O–H groups in total. The second-order valence-corrected chi connectivity index (χ2v) is 11.6. The number of ether oxygens (including phenoxy) is 2. The number of hydrogen-bond acceptors (Lipinski definition) is 8. The Labute approximate surface area is 232 Å². The van der Waals surface area contributed by atoms with Crippen molar-refractivity contribution in [1.29, 1.82) is 0 Å². The van der Waals surface area contributed by atoms with Gasteiger partial charge in [-0.3, -0.25) is 14.7 Å². The molecular weight excluding hydrogens is 512 g/mol. The van der Waals surface area contributed by atoms with Gasteiger partial charge in [-0.25, -0.2) is 4.68 Å². The van der Waals surface area contributed by atoms with Crippen molar-refractivity contribution >= 4 is 22.9 Å². The van der Waals surface area contributed by atoms with E-state index >= 15 is 0 Å². The molecule has 0 radical (unpaired) electrons. The highest BCUT2D eigenvalue weighted by molar-refractivity contribution is 7.13. The minimum absolute atomic E-state index is 0.106. The van der Waals surface area contributed by atoms with Crippen LogP contribution in [0.25, 0.3) is 16.3 Å². The monoisotopic (exact) mass is 546 g/mol. The van der Waals surface area contributed by atoms with Crippen molar-refractivity contribution in [2.24, 2.45) is 0 Å². The molecule has 1 aliphatic rings. The van der Waals surface area contributed by atoms with Crippen molar-refractivity contribution in [3.63, 3.8) is 0 Å². The third-order valence-electron chi connectivity index (χ3n) is 6.88. The number of carbonyl (C=O) groups excluding carboxylic acids is 1. The average Bonchev–Trinajstić information content (AvgIpc) is 3.61. The van der Waals surface area contributed by atoms with Gasteiger partial charge in [0.1, 0.15) is 11.4 Å². The summed E-state index contributed by atoms with van der Waals surface area (Å²) in [5, 5.41) is 11.7. The number of carbonyl (C=O) groups is 1. The minimum atomic E-state index is -0.222. The molecule has 5 rings (SSSR count). The SMILES string of the molecule is COc1c(CN2CCOCC2)cc(C(C)(C)C)cc1NC(=O)c1ccc(C)c(-n2cc(-c3cncs3)nn2)c1. The number of amides is 1. The highest BCUT2D eigenvalue weighted by atomic mass is 32.1. The molecule has 4 aromatic rings. The standard InChI is InChI=1S/C29H34N6O3S/c1-19-6-7-20(13-25(19)35-17-24(32-33-35)26-15-30-18-39-26)28(36)31-23-14-22(29(2,3)4)12-21(27(23)37-5)16-34-8-10-38-11-9-34/h6-7,12-15,17-18H,8-11,16H2,1-5H3,(H,31,36). The van der Waals surface area contributed by atoms with E-state index in [4.69, 9.17) is 9.47 Å². The normalized spacial score (nSPS) is 14.4. The molecule has 0 atom stereocenters. The summed E-state index contributed by atoms with van der Waals surface area (Å²) in [6.45, 7) is 12.4. The predicted molar refractivity (Wildman–Crippen MR) is 153 cm³/mol. The van der Waals surface area contributed by atoms with Crippen molar-refractivity contribution in [2.45, 2.75) is 39.7 Å². The zero-order valence-electron chi connectivity index (χ0n) is 23.0. The molecule has 10 heteroatoms. The molecule has 0 saturated carbocycles. The van der Waals surface area contributed by atoms with Gasteiger partial charge in [0.25, 0.3) is 5.91 Å². The van der Waals surface area contributed by atoms with Gasteiger partial charge in [-0.05, 0) is 41.7 Å². The third-order valence-corrected chi connectivity index (χ3v) is 7.67.